The third kappa shape index (κ3) is 3.13. The Hall–Kier alpha value is -1.85. The Morgan fingerprint density at radius 1 is 1.16 bits per heavy atom. The summed E-state index contributed by atoms with van der Waals surface area (Å²) in [6.07, 6.45) is 0. The van der Waals surface area contributed by atoms with E-state index in [4.69, 9.17) is 23.2 Å². The molecule has 0 unspecified atom stereocenters. The van der Waals surface area contributed by atoms with Gasteiger partial charge in [-0.15, -0.1) is 0 Å². The number of nitro groups is 1. The van der Waals surface area contributed by atoms with Crippen LogP contribution < -0.4 is 5.32 Å². The van der Waals surface area contributed by atoms with Crippen molar-refractivity contribution < 1.29 is 9.31 Å². The van der Waals surface area contributed by atoms with Crippen LogP contribution in [0.15, 0.2) is 36.4 Å². The number of anilines is 2. The maximum atomic E-state index is 13.0. The van der Waals surface area contributed by atoms with Crippen LogP contribution >= 0.6 is 23.2 Å². The molecule has 2 aromatic carbocycles. The lowest BCUT2D eigenvalue weighted by Crippen LogP contribution is -1.97. The standard InChI is InChI=1S/C12H7Cl2FN2O2/c13-7-1-4-12(17(18)19)11(5-7)16-8-2-3-10(15)9(14)6-8/h1-6,16H. The summed E-state index contributed by atoms with van der Waals surface area (Å²) in [5.74, 6) is -0.562. The van der Waals surface area contributed by atoms with Crippen molar-refractivity contribution in [3.63, 3.8) is 0 Å². The molecular weight excluding hydrogens is 294 g/mol. The number of halogens is 3. The third-order valence-electron chi connectivity index (χ3n) is 2.35. The van der Waals surface area contributed by atoms with Crippen LogP contribution in [-0.4, -0.2) is 4.92 Å². The topological polar surface area (TPSA) is 55.2 Å². The molecule has 0 aliphatic carbocycles. The van der Waals surface area contributed by atoms with Gasteiger partial charge in [-0.25, -0.2) is 4.39 Å². The summed E-state index contributed by atoms with van der Waals surface area (Å²) in [5.41, 5.74) is 0.502. The van der Waals surface area contributed by atoms with E-state index >= 15 is 0 Å². The van der Waals surface area contributed by atoms with Crippen LogP contribution in [0, 0.1) is 15.9 Å². The monoisotopic (exact) mass is 300 g/mol. The number of hydrogen-bond acceptors (Lipinski definition) is 3. The van der Waals surface area contributed by atoms with Gasteiger partial charge in [-0.05, 0) is 30.3 Å². The van der Waals surface area contributed by atoms with Crippen LogP contribution in [0.4, 0.5) is 21.5 Å². The van der Waals surface area contributed by atoms with E-state index in [-0.39, 0.29) is 16.4 Å². The molecule has 2 rings (SSSR count). The van der Waals surface area contributed by atoms with Gasteiger partial charge in [-0.3, -0.25) is 10.1 Å². The molecular formula is C12H7Cl2FN2O2. The molecule has 0 spiro atoms. The molecule has 0 aromatic heterocycles. The molecule has 0 heterocycles. The van der Waals surface area contributed by atoms with Crippen LogP contribution in [0.2, 0.25) is 10.0 Å². The van der Waals surface area contributed by atoms with Crippen molar-refractivity contribution in [2.75, 3.05) is 5.32 Å². The molecule has 0 saturated carbocycles. The van der Waals surface area contributed by atoms with Crippen molar-refractivity contribution in [1.82, 2.24) is 0 Å². The highest BCUT2D eigenvalue weighted by atomic mass is 35.5. The molecule has 0 fully saturated rings. The molecule has 0 atom stereocenters. The molecule has 2 aromatic rings. The van der Waals surface area contributed by atoms with E-state index < -0.39 is 10.7 Å². The van der Waals surface area contributed by atoms with Crippen LogP contribution in [-0.2, 0) is 0 Å². The molecule has 0 bridgehead atoms. The summed E-state index contributed by atoms with van der Waals surface area (Å²) in [6, 6.07) is 8.05. The van der Waals surface area contributed by atoms with E-state index in [9.17, 15) is 14.5 Å². The van der Waals surface area contributed by atoms with Gasteiger partial charge in [-0.1, -0.05) is 23.2 Å². The van der Waals surface area contributed by atoms with Gasteiger partial charge < -0.3 is 5.32 Å². The van der Waals surface area contributed by atoms with Gasteiger partial charge >= 0.3 is 0 Å². The third-order valence-corrected chi connectivity index (χ3v) is 2.88. The molecule has 1 N–H and O–H groups in total. The molecule has 4 nitrogen and oxygen atoms in total. The largest absolute Gasteiger partial charge is 0.350 e. The Balaban J connectivity index is 2.39. The van der Waals surface area contributed by atoms with Gasteiger partial charge in [0.05, 0.1) is 9.95 Å². The maximum absolute atomic E-state index is 13.0. The second-order valence-electron chi connectivity index (χ2n) is 3.67. The first kappa shape index (κ1) is 13.6. The summed E-state index contributed by atoms with van der Waals surface area (Å²) in [4.78, 5) is 10.3. The predicted molar refractivity (Wildman–Crippen MR) is 72.8 cm³/mol. The first-order valence-corrected chi connectivity index (χ1v) is 5.89. The van der Waals surface area contributed by atoms with E-state index in [0.717, 1.165) is 0 Å². The molecule has 0 aliphatic rings. The summed E-state index contributed by atoms with van der Waals surface area (Å²) >= 11 is 11.4. The number of nitrogens with zero attached hydrogens (tertiary/aromatic N) is 1. The van der Waals surface area contributed by atoms with Crippen molar-refractivity contribution in [1.29, 1.82) is 0 Å². The van der Waals surface area contributed by atoms with Gasteiger partial charge in [0.25, 0.3) is 5.69 Å². The number of benzene rings is 2. The Morgan fingerprint density at radius 3 is 2.53 bits per heavy atom. The Kier molecular flexibility index (Phi) is 3.87. The quantitative estimate of drug-likeness (QED) is 0.655. The molecule has 19 heavy (non-hydrogen) atoms. The first-order valence-electron chi connectivity index (χ1n) is 5.13. The van der Waals surface area contributed by atoms with E-state index in [1.165, 1.54) is 36.4 Å². The smallest absolute Gasteiger partial charge is 0.292 e. The average Bonchev–Trinajstić information content (AvgIpc) is 2.33. The fourth-order valence-electron chi connectivity index (χ4n) is 1.50. The zero-order valence-electron chi connectivity index (χ0n) is 9.36. The van der Waals surface area contributed by atoms with Crippen molar-refractivity contribution in [3.8, 4) is 0 Å². The lowest BCUT2D eigenvalue weighted by Gasteiger charge is -2.08. The molecule has 98 valence electrons. The number of nitro benzene ring substituents is 1. The van der Waals surface area contributed by atoms with Gasteiger partial charge in [-0.2, -0.15) is 0 Å². The molecule has 0 aliphatic heterocycles. The van der Waals surface area contributed by atoms with Gasteiger partial charge in [0.15, 0.2) is 0 Å². The van der Waals surface area contributed by atoms with Crippen molar-refractivity contribution in [3.05, 3.63) is 62.4 Å². The number of nitrogens with one attached hydrogen (secondary N) is 1. The highest BCUT2D eigenvalue weighted by Gasteiger charge is 2.14. The van der Waals surface area contributed by atoms with Crippen LogP contribution in [0.5, 0.6) is 0 Å². The van der Waals surface area contributed by atoms with Crippen molar-refractivity contribution >= 4 is 40.3 Å². The highest BCUT2D eigenvalue weighted by molar-refractivity contribution is 6.31. The minimum absolute atomic E-state index is 0.0744. The lowest BCUT2D eigenvalue weighted by molar-refractivity contribution is -0.383. The highest BCUT2D eigenvalue weighted by Crippen LogP contribution is 2.31. The summed E-state index contributed by atoms with van der Waals surface area (Å²) in [6.45, 7) is 0. The minimum Gasteiger partial charge on any atom is -0.350 e. The Labute approximate surface area is 117 Å². The fourth-order valence-corrected chi connectivity index (χ4v) is 1.85. The molecule has 0 amide bonds. The Bertz CT molecular complexity index is 650. The normalized spacial score (nSPS) is 10.3. The molecule has 7 heteroatoms. The maximum Gasteiger partial charge on any atom is 0.292 e. The van der Waals surface area contributed by atoms with E-state index in [2.05, 4.69) is 5.32 Å². The Morgan fingerprint density at radius 2 is 1.89 bits per heavy atom. The molecule has 0 saturated heterocycles. The lowest BCUT2D eigenvalue weighted by atomic mass is 10.2. The number of rotatable bonds is 3. The van der Waals surface area contributed by atoms with Crippen LogP contribution in [0.1, 0.15) is 0 Å². The average molecular weight is 301 g/mol. The summed E-state index contributed by atoms with van der Waals surface area (Å²) in [5, 5.41) is 13.9. The zero-order valence-corrected chi connectivity index (χ0v) is 10.9. The van der Waals surface area contributed by atoms with E-state index in [1.54, 1.807) is 0 Å². The van der Waals surface area contributed by atoms with Crippen molar-refractivity contribution in [2.24, 2.45) is 0 Å². The van der Waals surface area contributed by atoms with Crippen LogP contribution in [0.3, 0.4) is 0 Å². The fraction of sp³-hybridized carbons (Fsp3) is 0. The van der Waals surface area contributed by atoms with E-state index in [0.29, 0.717) is 10.7 Å². The summed E-state index contributed by atoms with van der Waals surface area (Å²) in [7, 11) is 0. The second-order valence-corrected chi connectivity index (χ2v) is 4.52. The summed E-state index contributed by atoms with van der Waals surface area (Å²) < 4.78 is 13.0. The SMILES string of the molecule is O=[N+]([O-])c1ccc(Cl)cc1Nc1ccc(F)c(Cl)c1. The first-order chi connectivity index (χ1) is 8.97. The minimum atomic E-state index is -0.562. The second kappa shape index (κ2) is 5.42. The van der Waals surface area contributed by atoms with Gasteiger partial charge in [0.2, 0.25) is 0 Å². The van der Waals surface area contributed by atoms with Gasteiger partial charge in [0.1, 0.15) is 11.5 Å². The number of hydrogen-bond donors (Lipinski definition) is 1. The van der Waals surface area contributed by atoms with E-state index in [1.807, 2.05) is 0 Å². The van der Waals surface area contributed by atoms with Crippen molar-refractivity contribution in [2.45, 2.75) is 0 Å². The van der Waals surface area contributed by atoms with Gasteiger partial charge in [0, 0.05) is 16.8 Å². The predicted octanol–water partition coefficient (Wildman–Crippen LogP) is 4.78. The molecule has 0 radical (unpaired) electrons. The van der Waals surface area contributed by atoms with Crippen LogP contribution in [0.25, 0.3) is 0 Å². The zero-order chi connectivity index (χ0) is 14.0.